The summed E-state index contributed by atoms with van der Waals surface area (Å²) in [5, 5.41) is 1.03. The van der Waals surface area contributed by atoms with E-state index in [0.29, 0.717) is 0 Å². The minimum Gasteiger partial charge on any atom is -0.336 e. The third-order valence-electron chi connectivity index (χ3n) is 1.64. The predicted molar refractivity (Wildman–Crippen MR) is 53.7 cm³/mol. The average molecular weight is 184 g/mol. The molecule has 1 N–H and O–H groups in total. The molecule has 0 unspecified atom stereocenters. The minimum atomic E-state index is 0.180. The number of thioether (sulfide) groups is 1. The molecule has 0 aromatic carbocycles. The summed E-state index contributed by atoms with van der Waals surface area (Å²) >= 11 is 1.75. The number of hydrogen-bond donors (Lipinski definition) is 1. The lowest BCUT2D eigenvalue weighted by molar-refractivity contribution is 0.569. The topological polar surface area (TPSA) is 28.7 Å². The molecule has 0 bridgehead atoms. The zero-order valence-corrected chi connectivity index (χ0v) is 8.96. The van der Waals surface area contributed by atoms with Crippen LogP contribution in [0.3, 0.4) is 0 Å². The van der Waals surface area contributed by atoms with Crippen molar-refractivity contribution in [3.8, 4) is 0 Å². The number of aromatic amines is 1. The van der Waals surface area contributed by atoms with Gasteiger partial charge >= 0.3 is 0 Å². The van der Waals surface area contributed by atoms with Gasteiger partial charge in [0.2, 0.25) is 0 Å². The van der Waals surface area contributed by atoms with E-state index in [1.54, 1.807) is 11.8 Å². The van der Waals surface area contributed by atoms with Crippen molar-refractivity contribution in [2.24, 2.45) is 0 Å². The normalized spacial score (nSPS) is 12.0. The fourth-order valence-electron chi connectivity index (χ4n) is 0.894. The Kier molecular flexibility index (Phi) is 2.83. The van der Waals surface area contributed by atoms with Gasteiger partial charge in [-0.3, -0.25) is 0 Å². The van der Waals surface area contributed by atoms with Crippen molar-refractivity contribution >= 4 is 11.8 Å². The first-order valence-corrected chi connectivity index (χ1v) is 5.21. The first-order chi connectivity index (χ1) is 5.54. The van der Waals surface area contributed by atoms with Crippen LogP contribution in [-0.4, -0.2) is 15.7 Å². The van der Waals surface area contributed by atoms with E-state index in [4.69, 9.17) is 0 Å². The van der Waals surface area contributed by atoms with Gasteiger partial charge in [-0.1, -0.05) is 39.5 Å². The van der Waals surface area contributed by atoms with Crippen molar-refractivity contribution < 1.29 is 0 Å². The van der Waals surface area contributed by atoms with Crippen LogP contribution in [0.5, 0.6) is 0 Å². The molecule has 2 nitrogen and oxygen atoms in total. The summed E-state index contributed by atoms with van der Waals surface area (Å²) in [6.45, 7) is 8.67. The zero-order valence-electron chi connectivity index (χ0n) is 8.14. The van der Waals surface area contributed by atoms with Gasteiger partial charge in [0.25, 0.3) is 0 Å². The van der Waals surface area contributed by atoms with Gasteiger partial charge in [0.15, 0.2) is 5.16 Å². The molecule has 0 saturated carbocycles. The summed E-state index contributed by atoms with van der Waals surface area (Å²) in [5.74, 6) is 1.07. The lowest BCUT2D eigenvalue weighted by Gasteiger charge is -2.14. The predicted octanol–water partition coefficient (Wildman–Crippen LogP) is 2.82. The maximum atomic E-state index is 4.28. The first kappa shape index (κ1) is 9.65. The number of imidazole rings is 1. The van der Waals surface area contributed by atoms with E-state index in [-0.39, 0.29) is 5.41 Å². The summed E-state index contributed by atoms with van der Waals surface area (Å²) in [7, 11) is 0. The lowest BCUT2D eigenvalue weighted by atomic mass is 9.93. The van der Waals surface area contributed by atoms with Crippen molar-refractivity contribution in [2.45, 2.75) is 38.3 Å². The van der Waals surface area contributed by atoms with E-state index in [0.717, 1.165) is 10.9 Å². The minimum absolute atomic E-state index is 0.180. The van der Waals surface area contributed by atoms with Crippen molar-refractivity contribution in [3.63, 3.8) is 0 Å². The van der Waals surface area contributed by atoms with Crippen LogP contribution in [-0.2, 0) is 5.41 Å². The number of H-pyrrole nitrogens is 1. The maximum absolute atomic E-state index is 4.28. The molecule has 0 aliphatic heterocycles. The molecule has 1 aromatic heterocycles. The number of rotatable bonds is 2. The van der Waals surface area contributed by atoms with Crippen LogP contribution < -0.4 is 0 Å². The van der Waals surface area contributed by atoms with Crippen molar-refractivity contribution in [2.75, 3.05) is 5.75 Å². The summed E-state index contributed by atoms with van der Waals surface area (Å²) < 4.78 is 0. The van der Waals surface area contributed by atoms with Crippen LogP contribution in [0.1, 0.15) is 33.4 Å². The van der Waals surface area contributed by atoms with Crippen LogP contribution in [0.25, 0.3) is 0 Å². The molecule has 1 aromatic rings. The molecule has 0 aliphatic carbocycles. The standard InChI is InChI=1S/C9H16N2S/c1-5-12-8-10-6-7(11-8)9(2,3)4/h6H,5H2,1-4H3,(H,10,11). The van der Waals surface area contributed by atoms with E-state index < -0.39 is 0 Å². The summed E-state index contributed by atoms with van der Waals surface area (Å²) in [5.41, 5.74) is 1.39. The van der Waals surface area contributed by atoms with Crippen LogP contribution in [0.2, 0.25) is 0 Å². The Morgan fingerprint density at radius 2 is 2.17 bits per heavy atom. The SMILES string of the molecule is CCSc1ncc(C(C)(C)C)[nH]1. The molecule has 0 fully saturated rings. The molecule has 0 atom stereocenters. The Bertz CT molecular complexity index is 247. The Hall–Kier alpha value is -0.440. The molecule has 0 saturated heterocycles. The number of aromatic nitrogens is 2. The van der Waals surface area contributed by atoms with Crippen LogP contribution in [0.4, 0.5) is 0 Å². The third kappa shape index (κ3) is 2.27. The second-order valence-electron chi connectivity index (χ2n) is 3.79. The molecular weight excluding hydrogens is 168 g/mol. The largest absolute Gasteiger partial charge is 0.336 e. The molecule has 1 heterocycles. The van der Waals surface area contributed by atoms with Gasteiger partial charge in [-0.2, -0.15) is 0 Å². The van der Waals surface area contributed by atoms with Gasteiger partial charge in [0, 0.05) is 17.3 Å². The Labute approximate surface area is 78.2 Å². The Morgan fingerprint density at radius 3 is 2.58 bits per heavy atom. The second-order valence-corrected chi connectivity index (χ2v) is 5.04. The number of hydrogen-bond acceptors (Lipinski definition) is 2. The van der Waals surface area contributed by atoms with Crippen LogP contribution >= 0.6 is 11.8 Å². The highest BCUT2D eigenvalue weighted by atomic mass is 32.2. The summed E-state index contributed by atoms with van der Waals surface area (Å²) in [6, 6.07) is 0. The van der Waals surface area contributed by atoms with E-state index in [1.807, 2.05) is 6.20 Å². The quantitative estimate of drug-likeness (QED) is 0.716. The van der Waals surface area contributed by atoms with Crippen LogP contribution in [0, 0.1) is 0 Å². The average Bonchev–Trinajstić information content (AvgIpc) is 2.35. The molecule has 68 valence electrons. The number of nitrogens with zero attached hydrogens (tertiary/aromatic N) is 1. The fourth-order valence-corrected chi connectivity index (χ4v) is 1.48. The van der Waals surface area contributed by atoms with Crippen molar-refractivity contribution in [1.29, 1.82) is 0 Å². The summed E-state index contributed by atoms with van der Waals surface area (Å²) in [4.78, 5) is 7.59. The molecule has 0 aliphatic rings. The van der Waals surface area contributed by atoms with E-state index in [2.05, 4.69) is 37.7 Å². The smallest absolute Gasteiger partial charge is 0.165 e. The summed E-state index contributed by atoms with van der Waals surface area (Å²) in [6.07, 6.45) is 1.93. The molecule has 12 heavy (non-hydrogen) atoms. The maximum Gasteiger partial charge on any atom is 0.165 e. The van der Waals surface area contributed by atoms with Gasteiger partial charge in [0.05, 0.1) is 0 Å². The molecule has 0 amide bonds. The zero-order chi connectivity index (χ0) is 9.19. The van der Waals surface area contributed by atoms with Gasteiger partial charge in [-0.05, 0) is 5.75 Å². The molecule has 3 heteroatoms. The van der Waals surface area contributed by atoms with Crippen LogP contribution in [0.15, 0.2) is 11.4 Å². The highest BCUT2D eigenvalue weighted by molar-refractivity contribution is 7.99. The van der Waals surface area contributed by atoms with Gasteiger partial charge in [-0.25, -0.2) is 4.98 Å². The molecule has 0 radical (unpaired) electrons. The van der Waals surface area contributed by atoms with E-state index in [9.17, 15) is 0 Å². The first-order valence-electron chi connectivity index (χ1n) is 4.22. The molecular formula is C9H16N2S. The number of nitrogens with one attached hydrogen (secondary N) is 1. The molecule has 1 rings (SSSR count). The molecule has 0 spiro atoms. The van der Waals surface area contributed by atoms with Gasteiger partial charge < -0.3 is 4.98 Å². The third-order valence-corrected chi connectivity index (χ3v) is 2.41. The lowest BCUT2D eigenvalue weighted by Crippen LogP contribution is -2.11. The van der Waals surface area contributed by atoms with Gasteiger partial charge in [0.1, 0.15) is 0 Å². The van der Waals surface area contributed by atoms with Crippen molar-refractivity contribution in [1.82, 2.24) is 9.97 Å². The monoisotopic (exact) mass is 184 g/mol. The Balaban J connectivity index is 2.77. The highest BCUT2D eigenvalue weighted by Gasteiger charge is 2.15. The fraction of sp³-hybridized carbons (Fsp3) is 0.667. The van der Waals surface area contributed by atoms with Gasteiger partial charge in [-0.15, -0.1) is 0 Å². The van der Waals surface area contributed by atoms with E-state index in [1.165, 1.54) is 5.69 Å². The van der Waals surface area contributed by atoms with Crippen molar-refractivity contribution in [3.05, 3.63) is 11.9 Å². The Morgan fingerprint density at radius 1 is 1.50 bits per heavy atom. The van der Waals surface area contributed by atoms with E-state index >= 15 is 0 Å². The second kappa shape index (κ2) is 3.52. The highest BCUT2D eigenvalue weighted by Crippen LogP contribution is 2.22.